The van der Waals surface area contributed by atoms with Crippen molar-refractivity contribution in [2.45, 2.75) is 427 Å². The zero-order valence-electron chi connectivity index (χ0n) is 61.9. The number of ether oxygens (including phenoxy) is 7. The van der Waals surface area contributed by atoms with Gasteiger partial charge in [-0.2, -0.15) is 0 Å². The highest BCUT2D eigenvalue weighted by atomic mass is 31.2. The van der Waals surface area contributed by atoms with Gasteiger partial charge in [-0.05, 0) is 25.2 Å². The summed E-state index contributed by atoms with van der Waals surface area (Å²) in [5, 5.41) is 110. The third kappa shape index (κ3) is 39.0. The lowest BCUT2D eigenvalue weighted by atomic mass is 9.84. The van der Waals surface area contributed by atoms with E-state index < -0.39 is 156 Å². The molecule has 3 rings (SSSR count). The second-order valence-corrected chi connectivity index (χ2v) is 30.5. The lowest BCUT2D eigenvalue weighted by Crippen LogP contribution is -2.69. The SMILES string of the molecule is CCCCCCCCCCCCCCCCCCC(=O)OCC1OC(OC2C(O)C(O)C(O)C(OC3OC(CO)C(O)C(O)C3O)C2OP(=O)(O)OCC(COC(=O)CCCCCCCCC(C)CCCCCCCC)OC(=O)CCCCCCCCCCCCCCC)C(O)C(O)C1O. The number of carbonyl (C=O) groups is 3. The second kappa shape index (κ2) is 56.3. The zero-order valence-corrected chi connectivity index (χ0v) is 62.8. The number of unbranched alkanes of at least 4 members (excludes halogenated alkanes) is 37. The first-order valence-electron chi connectivity index (χ1n) is 39.7. The van der Waals surface area contributed by atoms with Gasteiger partial charge in [0, 0.05) is 19.3 Å². The Labute approximate surface area is 600 Å². The first-order valence-corrected chi connectivity index (χ1v) is 41.2. The highest BCUT2D eigenvalue weighted by molar-refractivity contribution is 7.47. The summed E-state index contributed by atoms with van der Waals surface area (Å²) >= 11 is 0. The van der Waals surface area contributed by atoms with Crippen molar-refractivity contribution < 1.29 is 117 Å². The van der Waals surface area contributed by atoms with E-state index in [1.165, 1.54) is 161 Å². The molecule has 0 aromatic heterocycles. The van der Waals surface area contributed by atoms with Crippen LogP contribution >= 0.6 is 7.82 Å². The molecule has 1 aliphatic carbocycles. The lowest BCUT2D eigenvalue weighted by Gasteiger charge is -2.49. The van der Waals surface area contributed by atoms with Gasteiger partial charge in [0.2, 0.25) is 0 Å². The molecule has 2 heterocycles. The summed E-state index contributed by atoms with van der Waals surface area (Å²) in [5.41, 5.74) is 0. The molecular weight excluding hydrogens is 1320 g/mol. The van der Waals surface area contributed by atoms with Gasteiger partial charge in [-0.25, -0.2) is 4.57 Å². The van der Waals surface area contributed by atoms with Crippen molar-refractivity contribution in [3.8, 4) is 0 Å². The Hall–Kier alpha value is -2.04. The number of aliphatic hydroxyl groups is 10. The number of esters is 3. The third-order valence-corrected chi connectivity index (χ3v) is 21.0. The number of hydrogen-bond donors (Lipinski definition) is 11. The minimum Gasteiger partial charge on any atom is -0.463 e. The quantitative estimate of drug-likeness (QED) is 0.0117. The Balaban J connectivity index is 1.71. The van der Waals surface area contributed by atoms with Crippen molar-refractivity contribution in [1.82, 2.24) is 0 Å². The summed E-state index contributed by atoms with van der Waals surface area (Å²) < 4.78 is 65.2. The summed E-state index contributed by atoms with van der Waals surface area (Å²) in [6.07, 6.45) is 13.0. The van der Waals surface area contributed by atoms with Crippen molar-refractivity contribution in [1.29, 1.82) is 0 Å². The third-order valence-electron chi connectivity index (χ3n) is 20.0. The van der Waals surface area contributed by atoms with Gasteiger partial charge >= 0.3 is 25.7 Å². The van der Waals surface area contributed by atoms with E-state index in [1.807, 2.05) is 0 Å². The van der Waals surface area contributed by atoms with Crippen LogP contribution in [0.25, 0.3) is 0 Å². The number of hydrogen-bond acceptors (Lipinski definition) is 23. The average molecular weight is 1460 g/mol. The van der Waals surface area contributed by atoms with E-state index in [-0.39, 0.29) is 19.3 Å². The molecule has 0 spiro atoms. The summed E-state index contributed by atoms with van der Waals surface area (Å²) in [7, 11) is -5.69. The molecule has 0 aromatic rings. The Morgan fingerprint density at radius 2 is 0.700 bits per heavy atom. The molecule has 2 aliphatic heterocycles. The van der Waals surface area contributed by atoms with E-state index in [1.54, 1.807) is 0 Å². The van der Waals surface area contributed by atoms with Crippen LogP contribution in [0.3, 0.4) is 0 Å². The largest absolute Gasteiger partial charge is 0.472 e. The number of phosphoric acid groups is 1. The van der Waals surface area contributed by atoms with E-state index in [9.17, 15) is 74.9 Å². The van der Waals surface area contributed by atoms with Crippen molar-refractivity contribution in [2.24, 2.45) is 5.92 Å². The average Bonchev–Trinajstić information content (AvgIpc) is 0.762. The van der Waals surface area contributed by atoms with Crippen molar-refractivity contribution in [3.63, 3.8) is 0 Å². The fraction of sp³-hybridized carbons (Fsp3) is 0.960. The van der Waals surface area contributed by atoms with Gasteiger partial charge in [0.1, 0.15) is 98.7 Å². The predicted octanol–water partition coefficient (Wildman–Crippen LogP) is 11.6. The highest BCUT2D eigenvalue weighted by Gasteiger charge is 2.58. The number of aliphatic hydroxyl groups excluding tert-OH is 10. The maximum Gasteiger partial charge on any atom is 0.472 e. The Morgan fingerprint density at radius 3 is 1.08 bits per heavy atom. The molecule has 0 aromatic carbocycles. The zero-order chi connectivity index (χ0) is 73.3. The molecule has 0 radical (unpaired) electrons. The van der Waals surface area contributed by atoms with Crippen LogP contribution in [0.2, 0.25) is 0 Å². The topological polar surface area (TPSA) is 374 Å². The highest BCUT2D eigenvalue weighted by Crippen LogP contribution is 2.49. The van der Waals surface area contributed by atoms with Crippen LogP contribution < -0.4 is 0 Å². The molecule has 0 amide bonds. The molecule has 11 N–H and O–H groups in total. The second-order valence-electron chi connectivity index (χ2n) is 29.1. The molecule has 3 fully saturated rings. The van der Waals surface area contributed by atoms with E-state index in [0.717, 1.165) is 96.3 Å². The van der Waals surface area contributed by atoms with Crippen LogP contribution in [0.4, 0.5) is 0 Å². The normalized spacial score (nSPS) is 27.6. The smallest absolute Gasteiger partial charge is 0.463 e. The summed E-state index contributed by atoms with van der Waals surface area (Å²) in [6, 6.07) is 0. The Bertz CT molecular complexity index is 2080. The molecule has 2 saturated heterocycles. The van der Waals surface area contributed by atoms with E-state index in [4.69, 9.17) is 42.2 Å². The molecule has 590 valence electrons. The number of phosphoric ester groups is 1. The molecule has 19 atom stereocenters. The fourth-order valence-electron chi connectivity index (χ4n) is 13.5. The molecule has 24 nitrogen and oxygen atoms in total. The van der Waals surface area contributed by atoms with Crippen LogP contribution in [-0.4, -0.2) is 204 Å². The Kier molecular flexibility index (Phi) is 51.9. The van der Waals surface area contributed by atoms with Crippen molar-refractivity contribution >= 4 is 25.7 Å². The van der Waals surface area contributed by atoms with Crippen LogP contribution in [0.1, 0.15) is 323 Å². The molecule has 25 heteroatoms. The maximum atomic E-state index is 14.4. The van der Waals surface area contributed by atoms with Crippen LogP contribution in [0.5, 0.6) is 0 Å². The predicted molar refractivity (Wildman–Crippen MR) is 379 cm³/mol. The number of rotatable bonds is 62. The number of carbonyl (C=O) groups excluding carboxylic acids is 3. The van der Waals surface area contributed by atoms with Gasteiger partial charge in [0.05, 0.1) is 13.2 Å². The summed E-state index contributed by atoms with van der Waals surface area (Å²) in [5.74, 6) is -1.27. The van der Waals surface area contributed by atoms with E-state index in [2.05, 4.69) is 27.7 Å². The Morgan fingerprint density at radius 1 is 0.380 bits per heavy atom. The van der Waals surface area contributed by atoms with E-state index in [0.29, 0.717) is 25.2 Å². The minimum absolute atomic E-state index is 0.0337. The van der Waals surface area contributed by atoms with Crippen molar-refractivity contribution in [3.05, 3.63) is 0 Å². The molecule has 0 bridgehead atoms. The molecule has 19 unspecified atom stereocenters. The van der Waals surface area contributed by atoms with Crippen LogP contribution in [-0.2, 0) is 61.2 Å². The van der Waals surface area contributed by atoms with Crippen LogP contribution in [0, 0.1) is 5.92 Å². The van der Waals surface area contributed by atoms with Gasteiger partial charge in [-0.15, -0.1) is 0 Å². The van der Waals surface area contributed by atoms with Gasteiger partial charge < -0.3 is 89.1 Å². The standard InChI is InChI=1S/C75H141O24P/c1-5-8-11-14-17-19-21-23-24-25-27-28-30-32-38-44-49-60(78)92-54-58-63(81)65(83)70(88)75(96-58)98-72-68(86)66(84)67(85)71(97-74-69(87)64(82)62(80)57(51-76)95-74)73(72)99-100(89,90)93-53-56(94-61(79)50-45-40-33-31-29-26-22-20-18-15-12-9-6-2)52-91-59(77)48-43-39-35-34-37-42-47-55(4)46-41-36-16-13-10-7-3/h55-58,62-76,80-88H,5-54H2,1-4H3,(H,89,90). The van der Waals surface area contributed by atoms with Crippen molar-refractivity contribution in [2.75, 3.05) is 26.4 Å². The first-order chi connectivity index (χ1) is 48.2. The van der Waals surface area contributed by atoms with Gasteiger partial charge in [-0.3, -0.25) is 23.4 Å². The fourth-order valence-corrected chi connectivity index (χ4v) is 14.4. The van der Waals surface area contributed by atoms with Crippen LogP contribution in [0.15, 0.2) is 0 Å². The molecular formula is C75H141O24P. The molecule has 3 aliphatic rings. The lowest BCUT2D eigenvalue weighted by molar-refractivity contribution is -0.360. The summed E-state index contributed by atoms with van der Waals surface area (Å²) in [6.45, 7) is 5.81. The molecule has 100 heavy (non-hydrogen) atoms. The van der Waals surface area contributed by atoms with E-state index >= 15 is 0 Å². The first kappa shape index (κ1) is 92.2. The monoisotopic (exact) mass is 1460 g/mol. The van der Waals surface area contributed by atoms with Gasteiger partial charge in [0.25, 0.3) is 0 Å². The summed E-state index contributed by atoms with van der Waals surface area (Å²) in [4.78, 5) is 51.1. The molecule has 1 saturated carbocycles. The minimum atomic E-state index is -5.69. The van der Waals surface area contributed by atoms with Gasteiger partial charge in [-0.1, -0.05) is 285 Å². The van der Waals surface area contributed by atoms with Gasteiger partial charge in [0.15, 0.2) is 18.7 Å². The maximum absolute atomic E-state index is 14.4.